The van der Waals surface area contributed by atoms with Crippen molar-refractivity contribution < 1.29 is 9.59 Å². The molecule has 2 N–H and O–H groups in total. The second-order valence-electron chi connectivity index (χ2n) is 6.46. The van der Waals surface area contributed by atoms with Crippen molar-refractivity contribution in [1.82, 2.24) is 9.88 Å². The van der Waals surface area contributed by atoms with E-state index in [9.17, 15) is 9.59 Å². The molecule has 6 nitrogen and oxygen atoms in total. The third-order valence-corrected chi connectivity index (χ3v) is 5.18. The number of pyridine rings is 1. The molecular weight excluding hydrogens is 432 g/mol. The Morgan fingerprint density at radius 1 is 1.11 bits per heavy atom. The van der Waals surface area contributed by atoms with E-state index in [1.54, 1.807) is 12.1 Å². The van der Waals surface area contributed by atoms with Crippen molar-refractivity contribution in [2.75, 3.05) is 30.3 Å². The lowest BCUT2D eigenvalue weighted by Crippen LogP contribution is -2.41. The Bertz CT molecular complexity index is 790. The van der Waals surface area contributed by atoms with Gasteiger partial charge in [0.2, 0.25) is 11.8 Å². The molecule has 0 saturated carbocycles. The summed E-state index contributed by atoms with van der Waals surface area (Å²) in [5.74, 6) is 0.336. The highest BCUT2D eigenvalue weighted by molar-refractivity contribution is 9.10. The molecule has 0 radical (unpaired) electrons. The zero-order valence-electron chi connectivity index (χ0n) is 14.6. The number of halogens is 2. The molecule has 0 aliphatic carbocycles. The van der Waals surface area contributed by atoms with Crippen LogP contribution in [-0.4, -0.2) is 41.3 Å². The largest absolute Gasteiger partial charge is 0.325 e. The molecule has 0 unspecified atom stereocenters. The Morgan fingerprint density at radius 2 is 1.81 bits per heavy atom. The van der Waals surface area contributed by atoms with Crippen LogP contribution in [0.2, 0.25) is 5.02 Å². The Labute approximate surface area is 171 Å². The van der Waals surface area contributed by atoms with E-state index in [1.165, 1.54) is 6.20 Å². The van der Waals surface area contributed by atoms with Crippen LogP contribution in [0.15, 0.2) is 47.1 Å². The number of nitrogens with zero attached hydrogens (tertiary/aromatic N) is 2. The molecule has 1 aliphatic rings. The number of anilines is 2. The minimum Gasteiger partial charge on any atom is -0.325 e. The van der Waals surface area contributed by atoms with Crippen LogP contribution in [0.5, 0.6) is 0 Å². The molecule has 0 spiro atoms. The van der Waals surface area contributed by atoms with Gasteiger partial charge in [-0.3, -0.25) is 14.5 Å². The van der Waals surface area contributed by atoms with Crippen LogP contribution < -0.4 is 10.6 Å². The Hall–Kier alpha value is -1.96. The first-order chi connectivity index (χ1) is 13.0. The minimum atomic E-state index is -0.0757. The summed E-state index contributed by atoms with van der Waals surface area (Å²) in [6, 6.07) is 10.8. The highest BCUT2D eigenvalue weighted by Gasteiger charge is 2.26. The van der Waals surface area contributed by atoms with Gasteiger partial charge in [-0.2, -0.15) is 0 Å². The van der Waals surface area contributed by atoms with Gasteiger partial charge in [0, 0.05) is 22.3 Å². The molecule has 1 aromatic heterocycles. The summed E-state index contributed by atoms with van der Waals surface area (Å²) in [6.07, 6.45) is 2.93. The number of carbonyl (C=O) groups is 2. The van der Waals surface area contributed by atoms with Gasteiger partial charge in [-0.15, -0.1) is 0 Å². The van der Waals surface area contributed by atoms with Crippen molar-refractivity contribution in [3.63, 3.8) is 0 Å². The number of rotatable bonds is 5. The topological polar surface area (TPSA) is 74.3 Å². The van der Waals surface area contributed by atoms with Gasteiger partial charge in [0.15, 0.2) is 0 Å². The first-order valence-corrected chi connectivity index (χ1v) is 9.87. The number of hydrogen-bond acceptors (Lipinski definition) is 4. The molecule has 0 bridgehead atoms. The summed E-state index contributed by atoms with van der Waals surface area (Å²) in [7, 11) is 0. The van der Waals surface area contributed by atoms with Gasteiger partial charge in [-0.25, -0.2) is 4.98 Å². The smallest absolute Gasteiger partial charge is 0.238 e. The van der Waals surface area contributed by atoms with Gasteiger partial charge in [0.25, 0.3) is 0 Å². The molecule has 2 aromatic rings. The van der Waals surface area contributed by atoms with E-state index in [4.69, 9.17) is 11.6 Å². The monoisotopic (exact) mass is 450 g/mol. The molecule has 3 rings (SSSR count). The lowest BCUT2D eigenvalue weighted by atomic mass is 9.96. The van der Waals surface area contributed by atoms with E-state index in [1.807, 2.05) is 24.3 Å². The zero-order chi connectivity index (χ0) is 19.2. The van der Waals surface area contributed by atoms with Gasteiger partial charge < -0.3 is 10.6 Å². The van der Waals surface area contributed by atoms with E-state index in [0.717, 1.165) is 10.2 Å². The predicted molar refractivity (Wildman–Crippen MR) is 110 cm³/mol. The SMILES string of the molecule is O=C(CN1CCC(C(=O)Nc2ccc(Cl)cn2)CC1)Nc1ccc(Br)cc1. The number of benzene rings is 1. The lowest BCUT2D eigenvalue weighted by molar-refractivity contribution is -0.121. The number of piperidine rings is 1. The van der Waals surface area contributed by atoms with Crippen LogP contribution in [0.1, 0.15) is 12.8 Å². The van der Waals surface area contributed by atoms with Crippen molar-refractivity contribution in [2.24, 2.45) is 5.92 Å². The second-order valence-corrected chi connectivity index (χ2v) is 7.81. The number of hydrogen-bond donors (Lipinski definition) is 2. The summed E-state index contributed by atoms with van der Waals surface area (Å²) in [5, 5.41) is 6.24. The maximum Gasteiger partial charge on any atom is 0.238 e. The summed E-state index contributed by atoms with van der Waals surface area (Å²) < 4.78 is 0.967. The molecule has 2 heterocycles. The maximum absolute atomic E-state index is 12.4. The van der Waals surface area contributed by atoms with E-state index in [2.05, 4.69) is 36.4 Å². The van der Waals surface area contributed by atoms with Crippen molar-refractivity contribution in [3.8, 4) is 0 Å². The highest BCUT2D eigenvalue weighted by atomic mass is 79.9. The first kappa shape index (κ1) is 19.8. The molecule has 2 amide bonds. The third kappa shape index (κ3) is 6.02. The third-order valence-electron chi connectivity index (χ3n) is 4.43. The quantitative estimate of drug-likeness (QED) is 0.725. The number of amides is 2. The van der Waals surface area contributed by atoms with Gasteiger partial charge >= 0.3 is 0 Å². The highest BCUT2D eigenvalue weighted by Crippen LogP contribution is 2.20. The number of nitrogens with one attached hydrogen (secondary N) is 2. The molecule has 1 aromatic carbocycles. The zero-order valence-corrected chi connectivity index (χ0v) is 17.0. The molecule has 1 saturated heterocycles. The molecule has 8 heteroatoms. The summed E-state index contributed by atoms with van der Waals surface area (Å²) in [5.41, 5.74) is 0.771. The van der Waals surface area contributed by atoms with E-state index < -0.39 is 0 Å². The molecule has 1 aliphatic heterocycles. The fraction of sp³-hybridized carbons (Fsp3) is 0.316. The van der Waals surface area contributed by atoms with Gasteiger partial charge in [0.05, 0.1) is 11.6 Å². The number of carbonyl (C=O) groups excluding carboxylic acids is 2. The molecule has 27 heavy (non-hydrogen) atoms. The van der Waals surface area contributed by atoms with Crippen LogP contribution in [0.3, 0.4) is 0 Å². The van der Waals surface area contributed by atoms with Crippen molar-refractivity contribution in [3.05, 3.63) is 52.1 Å². The predicted octanol–water partition coefficient (Wildman–Crippen LogP) is 3.79. The fourth-order valence-corrected chi connectivity index (χ4v) is 3.34. The summed E-state index contributed by atoms with van der Waals surface area (Å²) in [4.78, 5) is 30.7. The van der Waals surface area contributed by atoms with Crippen molar-refractivity contribution in [2.45, 2.75) is 12.8 Å². The Balaban J connectivity index is 1.42. The van der Waals surface area contributed by atoms with Gasteiger partial charge in [-0.1, -0.05) is 27.5 Å². The van der Waals surface area contributed by atoms with E-state index >= 15 is 0 Å². The van der Waals surface area contributed by atoms with E-state index in [0.29, 0.717) is 43.3 Å². The second kappa shape index (κ2) is 9.30. The molecule has 142 valence electrons. The van der Waals surface area contributed by atoms with Crippen molar-refractivity contribution in [1.29, 1.82) is 0 Å². The van der Waals surface area contributed by atoms with Crippen LogP contribution >= 0.6 is 27.5 Å². The van der Waals surface area contributed by atoms with Gasteiger partial charge in [-0.05, 0) is 62.3 Å². The first-order valence-electron chi connectivity index (χ1n) is 8.70. The van der Waals surface area contributed by atoms with Crippen LogP contribution in [0, 0.1) is 5.92 Å². The summed E-state index contributed by atoms with van der Waals surface area (Å²) >= 11 is 9.17. The van der Waals surface area contributed by atoms with Crippen molar-refractivity contribution >= 4 is 50.9 Å². The van der Waals surface area contributed by atoms with Crippen LogP contribution in [0.4, 0.5) is 11.5 Å². The Morgan fingerprint density at radius 3 is 2.44 bits per heavy atom. The normalized spacial score (nSPS) is 15.3. The average Bonchev–Trinajstić information content (AvgIpc) is 2.66. The fourth-order valence-electron chi connectivity index (χ4n) is 2.97. The molecular formula is C19H20BrClN4O2. The van der Waals surface area contributed by atoms with E-state index in [-0.39, 0.29) is 17.7 Å². The average molecular weight is 452 g/mol. The molecule has 1 fully saturated rings. The maximum atomic E-state index is 12.4. The Kier molecular flexibility index (Phi) is 6.82. The van der Waals surface area contributed by atoms with Crippen LogP contribution in [0.25, 0.3) is 0 Å². The minimum absolute atomic E-state index is 0.0382. The van der Waals surface area contributed by atoms with Gasteiger partial charge in [0.1, 0.15) is 5.82 Å². The number of likely N-dealkylation sites (tertiary alicyclic amines) is 1. The standard InChI is InChI=1S/C19H20BrClN4O2/c20-14-1-4-16(5-2-14)23-18(26)12-25-9-7-13(8-10-25)19(27)24-17-6-3-15(21)11-22-17/h1-6,11,13H,7-10,12H2,(H,23,26)(H,22,24,27). The van der Waals surface area contributed by atoms with Crippen LogP contribution in [-0.2, 0) is 9.59 Å². The summed E-state index contributed by atoms with van der Waals surface area (Å²) in [6.45, 7) is 1.74. The lowest BCUT2D eigenvalue weighted by Gasteiger charge is -2.30. The number of aromatic nitrogens is 1. The molecule has 0 atom stereocenters.